The summed E-state index contributed by atoms with van der Waals surface area (Å²) in [6.45, 7) is 0.656. The van der Waals surface area contributed by atoms with Gasteiger partial charge in [-0.3, -0.25) is 4.79 Å². The molecule has 138 valence electrons. The lowest BCUT2D eigenvalue weighted by atomic mass is 10.1. The zero-order valence-electron chi connectivity index (χ0n) is 14.9. The summed E-state index contributed by atoms with van der Waals surface area (Å²) in [5.74, 6) is 0.156. The van der Waals surface area contributed by atoms with Crippen molar-refractivity contribution in [1.82, 2.24) is 9.62 Å². The first-order valence-corrected chi connectivity index (χ1v) is 10.3. The zero-order chi connectivity index (χ0) is 18.6. The number of carbonyl (C=O) groups excluding carboxylic acids is 1. The molecular weight excluding hydrogens is 348 g/mol. The fourth-order valence-electron chi connectivity index (χ4n) is 2.94. The molecule has 1 N–H and O–H groups in total. The molecule has 26 heavy (non-hydrogen) atoms. The molecule has 0 heterocycles. The van der Waals surface area contributed by atoms with Crippen molar-refractivity contribution in [3.8, 4) is 0 Å². The number of nitrogens with one attached hydrogen (secondary N) is 1. The van der Waals surface area contributed by atoms with Gasteiger partial charge >= 0.3 is 0 Å². The van der Waals surface area contributed by atoms with Crippen LogP contribution >= 0.6 is 0 Å². The Balaban J connectivity index is 1.60. The van der Waals surface area contributed by atoms with Crippen molar-refractivity contribution in [2.75, 3.05) is 7.05 Å². The molecule has 1 aliphatic carbocycles. The van der Waals surface area contributed by atoms with E-state index in [0.717, 1.165) is 24.0 Å². The molecule has 1 fully saturated rings. The van der Waals surface area contributed by atoms with Crippen LogP contribution in [0.5, 0.6) is 0 Å². The molecule has 1 saturated carbocycles. The van der Waals surface area contributed by atoms with Gasteiger partial charge in [0, 0.05) is 19.0 Å². The maximum Gasteiger partial charge on any atom is 0.240 e. The molecule has 0 saturated heterocycles. The quantitative estimate of drug-likeness (QED) is 0.775. The third-order valence-corrected chi connectivity index (χ3v) is 6.06. The predicted octanol–water partition coefficient (Wildman–Crippen LogP) is 2.72. The molecule has 2 aromatic carbocycles. The van der Waals surface area contributed by atoms with Gasteiger partial charge in [0.2, 0.25) is 15.9 Å². The second-order valence-corrected chi connectivity index (χ2v) is 8.48. The van der Waals surface area contributed by atoms with E-state index in [2.05, 4.69) is 4.72 Å². The summed E-state index contributed by atoms with van der Waals surface area (Å²) < 4.78 is 25.8. The van der Waals surface area contributed by atoms with Crippen LogP contribution in [-0.2, 0) is 27.8 Å². The van der Waals surface area contributed by atoms with E-state index >= 15 is 0 Å². The van der Waals surface area contributed by atoms with Crippen molar-refractivity contribution in [2.45, 2.75) is 43.2 Å². The standard InChI is InChI=1S/C20H24N2O3S/c1-21-26(24,25)19-12-7-16(8-13-19)9-14-20(23)22(18-10-11-18)15-17-5-3-2-4-6-17/h2-8,12-13,18,21H,9-11,14-15H2,1H3. The van der Waals surface area contributed by atoms with Crippen LogP contribution < -0.4 is 4.72 Å². The number of rotatable bonds is 8. The number of amides is 1. The molecule has 0 aromatic heterocycles. The van der Waals surface area contributed by atoms with E-state index in [1.807, 2.05) is 35.2 Å². The molecule has 6 heteroatoms. The number of sulfonamides is 1. The minimum Gasteiger partial charge on any atom is -0.335 e. The third kappa shape index (κ3) is 4.71. The third-order valence-electron chi connectivity index (χ3n) is 4.63. The van der Waals surface area contributed by atoms with Crippen LogP contribution in [0.25, 0.3) is 0 Å². The second-order valence-electron chi connectivity index (χ2n) is 6.59. The van der Waals surface area contributed by atoms with Crippen LogP contribution in [0.2, 0.25) is 0 Å². The molecule has 0 spiro atoms. The average Bonchev–Trinajstić information content (AvgIpc) is 3.50. The van der Waals surface area contributed by atoms with Crippen molar-refractivity contribution in [3.63, 3.8) is 0 Å². The molecule has 1 amide bonds. The van der Waals surface area contributed by atoms with E-state index in [-0.39, 0.29) is 10.8 Å². The van der Waals surface area contributed by atoms with E-state index in [4.69, 9.17) is 0 Å². The van der Waals surface area contributed by atoms with Crippen molar-refractivity contribution in [3.05, 3.63) is 65.7 Å². The average molecular weight is 372 g/mol. The Bertz CT molecular complexity index is 844. The van der Waals surface area contributed by atoms with Crippen molar-refractivity contribution in [1.29, 1.82) is 0 Å². The van der Waals surface area contributed by atoms with Gasteiger partial charge in [-0.05, 0) is 49.6 Å². The highest BCUT2D eigenvalue weighted by atomic mass is 32.2. The Morgan fingerprint density at radius 3 is 2.27 bits per heavy atom. The lowest BCUT2D eigenvalue weighted by molar-refractivity contribution is -0.132. The maximum atomic E-state index is 12.7. The first-order valence-electron chi connectivity index (χ1n) is 8.85. The van der Waals surface area contributed by atoms with Crippen LogP contribution in [0.15, 0.2) is 59.5 Å². The van der Waals surface area contributed by atoms with Crippen molar-refractivity contribution < 1.29 is 13.2 Å². The molecule has 5 nitrogen and oxygen atoms in total. The summed E-state index contributed by atoms with van der Waals surface area (Å²) in [7, 11) is -2.03. The van der Waals surface area contributed by atoms with Crippen LogP contribution in [0.1, 0.15) is 30.4 Å². The number of nitrogens with zero attached hydrogens (tertiary/aromatic N) is 1. The number of hydrogen-bond acceptors (Lipinski definition) is 3. The number of benzene rings is 2. The molecular formula is C20H24N2O3S. The minimum atomic E-state index is -3.42. The van der Waals surface area contributed by atoms with Crippen LogP contribution in [-0.4, -0.2) is 32.3 Å². The molecule has 0 atom stereocenters. The summed E-state index contributed by atoms with van der Waals surface area (Å²) in [5, 5.41) is 0. The smallest absolute Gasteiger partial charge is 0.240 e. The Morgan fingerprint density at radius 2 is 1.69 bits per heavy atom. The van der Waals surface area contributed by atoms with Crippen LogP contribution in [0.4, 0.5) is 0 Å². The largest absolute Gasteiger partial charge is 0.335 e. The predicted molar refractivity (Wildman–Crippen MR) is 101 cm³/mol. The molecule has 0 unspecified atom stereocenters. The highest BCUT2D eigenvalue weighted by Crippen LogP contribution is 2.29. The van der Waals surface area contributed by atoms with Gasteiger partial charge in [-0.2, -0.15) is 0 Å². The van der Waals surface area contributed by atoms with Gasteiger partial charge in [-0.15, -0.1) is 0 Å². The lowest BCUT2D eigenvalue weighted by Gasteiger charge is -2.22. The van der Waals surface area contributed by atoms with Gasteiger partial charge in [0.05, 0.1) is 4.90 Å². The Kier molecular flexibility index (Phi) is 5.74. The highest BCUT2D eigenvalue weighted by molar-refractivity contribution is 7.89. The van der Waals surface area contributed by atoms with Crippen LogP contribution in [0, 0.1) is 0 Å². The summed E-state index contributed by atoms with van der Waals surface area (Å²) >= 11 is 0. The molecule has 0 radical (unpaired) electrons. The fraction of sp³-hybridized carbons (Fsp3) is 0.350. The van der Waals surface area contributed by atoms with Gasteiger partial charge < -0.3 is 4.90 Å². The monoisotopic (exact) mass is 372 g/mol. The van der Waals surface area contributed by atoms with Crippen molar-refractivity contribution >= 4 is 15.9 Å². The lowest BCUT2D eigenvalue weighted by Crippen LogP contribution is -2.32. The van der Waals surface area contributed by atoms with E-state index < -0.39 is 10.0 Å². The van der Waals surface area contributed by atoms with Crippen LogP contribution in [0.3, 0.4) is 0 Å². The molecule has 3 rings (SSSR count). The molecule has 2 aromatic rings. The zero-order valence-corrected chi connectivity index (χ0v) is 15.7. The maximum absolute atomic E-state index is 12.7. The first kappa shape index (κ1) is 18.6. The molecule has 1 aliphatic rings. The van der Waals surface area contributed by atoms with E-state index in [1.54, 1.807) is 24.3 Å². The van der Waals surface area contributed by atoms with E-state index in [9.17, 15) is 13.2 Å². The first-order chi connectivity index (χ1) is 12.5. The summed E-state index contributed by atoms with van der Waals surface area (Å²) in [6, 6.07) is 17.1. The normalized spacial score (nSPS) is 14.2. The Hall–Kier alpha value is -2.18. The number of aryl methyl sites for hydroxylation is 1. The van der Waals surface area contributed by atoms with Gasteiger partial charge in [0.1, 0.15) is 0 Å². The highest BCUT2D eigenvalue weighted by Gasteiger charge is 2.32. The van der Waals surface area contributed by atoms with Gasteiger partial charge in [-0.1, -0.05) is 42.5 Å². The van der Waals surface area contributed by atoms with E-state index in [0.29, 0.717) is 25.4 Å². The summed E-state index contributed by atoms with van der Waals surface area (Å²) in [4.78, 5) is 14.9. The van der Waals surface area contributed by atoms with Gasteiger partial charge in [0.15, 0.2) is 0 Å². The van der Waals surface area contributed by atoms with Crippen molar-refractivity contribution in [2.24, 2.45) is 0 Å². The number of carbonyl (C=O) groups is 1. The fourth-order valence-corrected chi connectivity index (χ4v) is 3.67. The van der Waals surface area contributed by atoms with Gasteiger partial charge in [0.25, 0.3) is 0 Å². The topological polar surface area (TPSA) is 66.5 Å². The number of hydrogen-bond donors (Lipinski definition) is 1. The SMILES string of the molecule is CNS(=O)(=O)c1ccc(CCC(=O)N(Cc2ccccc2)C2CC2)cc1. The summed E-state index contributed by atoms with van der Waals surface area (Å²) in [6.07, 6.45) is 3.20. The van der Waals surface area contributed by atoms with E-state index in [1.165, 1.54) is 7.05 Å². The Morgan fingerprint density at radius 1 is 1.04 bits per heavy atom. The molecule has 0 bridgehead atoms. The Labute approximate surface area is 155 Å². The second kappa shape index (κ2) is 8.01. The van der Waals surface area contributed by atoms with Gasteiger partial charge in [-0.25, -0.2) is 13.1 Å². The summed E-state index contributed by atoms with van der Waals surface area (Å²) in [5.41, 5.74) is 2.11. The minimum absolute atomic E-state index is 0.156. The molecule has 0 aliphatic heterocycles.